The number of aliphatic hydroxyl groups is 1. The monoisotopic (exact) mass is 244 g/mol. The number of oxime groups is 1. The Hall–Kier alpha value is -0.850. The average molecular weight is 244 g/mol. The van der Waals surface area contributed by atoms with Gasteiger partial charge in [0.1, 0.15) is 0 Å². The third-order valence-electron chi connectivity index (χ3n) is 3.25. The van der Waals surface area contributed by atoms with E-state index >= 15 is 0 Å². The predicted molar refractivity (Wildman–Crippen MR) is 67.2 cm³/mol. The van der Waals surface area contributed by atoms with Gasteiger partial charge in [-0.2, -0.15) is 0 Å². The van der Waals surface area contributed by atoms with Gasteiger partial charge in [0, 0.05) is 19.1 Å². The number of nitrogens with two attached hydrogens (primary N) is 1. The summed E-state index contributed by atoms with van der Waals surface area (Å²) in [5.41, 5.74) is 5.71. The van der Waals surface area contributed by atoms with E-state index in [4.69, 9.17) is 10.9 Å². The number of hydrogen-bond donors (Lipinski definition) is 3. The van der Waals surface area contributed by atoms with Gasteiger partial charge in [-0.3, -0.25) is 4.90 Å². The van der Waals surface area contributed by atoms with Crippen molar-refractivity contribution < 1.29 is 10.3 Å². The second kappa shape index (κ2) is 6.18. The van der Waals surface area contributed by atoms with Crippen LogP contribution >= 0.6 is 0 Å². The molecule has 1 aliphatic rings. The maximum absolute atomic E-state index is 9.78. The topological polar surface area (TPSA) is 85.3 Å². The number of hydrogen-bond acceptors (Lipinski definition) is 5. The highest BCUT2D eigenvalue weighted by molar-refractivity contribution is 5.85. The second-order valence-electron chi connectivity index (χ2n) is 4.95. The number of aliphatic hydroxyl groups excluding tert-OH is 1. The first-order chi connectivity index (χ1) is 7.99. The summed E-state index contributed by atoms with van der Waals surface area (Å²) in [5, 5.41) is 21.7. The van der Waals surface area contributed by atoms with Gasteiger partial charge in [-0.1, -0.05) is 12.1 Å². The minimum atomic E-state index is -0.319. The van der Waals surface area contributed by atoms with Gasteiger partial charge >= 0.3 is 0 Å². The Balaban J connectivity index is 2.77. The number of amidine groups is 1. The normalized spacial score (nSPS) is 28.9. The van der Waals surface area contributed by atoms with Crippen molar-refractivity contribution in [3.63, 3.8) is 0 Å². The van der Waals surface area contributed by atoms with Crippen molar-refractivity contribution in [2.45, 2.75) is 38.0 Å². The summed E-state index contributed by atoms with van der Waals surface area (Å²) >= 11 is 0. The molecule has 100 valence electrons. The predicted octanol–water partition coefficient (Wildman–Crippen LogP) is -0.492. The molecule has 1 rings (SSSR count). The third-order valence-corrected chi connectivity index (χ3v) is 3.25. The van der Waals surface area contributed by atoms with Crippen LogP contribution in [0, 0.1) is 0 Å². The number of nitrogens with zero attached hydrogens (tertiary/aromatic N) is 3. The van der Waals surface area contributed by atoms with E-state index in [0.29, 0.717) is 6.54 Å². The van der Waals surface area contributed by atoms with Gasteiger partial charge in [-0.15, -0.1) is 0 Å². The molecule has 17 heavy (non-hydrogen) atoms. The molecule has 0 amide bonds. The Kier molecular flexibility index (Phi) is 5.17. The van der Waals surface area contributed by atoms with Crippen LogP contribution in [0.15, 0.2) is 5.16 Å². The average Bonchev–Trinajstić information content (AvgIpc) is 2.59. The smallest absolute Gasteiger partial charge is 0.156 e. The van der Waals surface area contributed by atoms with E-state index in [1.165, 1.54) is 0 Å². The van der Waals surface area contributed by atoms with Crippen LogP contribution in [0.3, 0.4) is 0 Å². The Morgan fingerprint density at radius 1 is 1.59 bits per heavy atom. The molecule has 0 radical (unpaired) electrons. The standard InChI is InChI=1S/C11H24N4O2/c1-4-10(11(12)13-17)15-7-9(16)5-8(15)6-14(2)3/h8-10,16-17H,4-7H2,1-3H3,(H2,12,13). The molecule has 0 aromatic rings. The van der Waals surface area contributed by atoms with Crippen LogP contribution in [-0.4, -0.2) is 71.3 Å². The van der Waals surface area contributed by atoms with Gasteiger partial charge in [0.15, 0.2) is 5.84 Å². The van der Waals surface area contributed by atoms with Gasteiger partial charge in [-0.25, -0.2) is 0 Å². The van der Waals surface area contributed by atoms with Crippen molar-refractivity contribution in [3.8, 4) is 0 Å². The second-order valence-corrected chi connectivity index (χ2v) is 4.95. The molecule has 3 atom stereocenters. The Labute approximate surface area is 103 Å². The molecule has 0 bridgehead atoms. The largest absolute Gasteiger partial charge is 0.409 e. The van der Waals surface area contributed by atoms with Crippen LogP contribution in [-0.2, 0) is 0 Å². The fraction of sp³-hybridized carbons (Fsp3) is 0.909. The van der Waals surface area contributed by atoms with E-state index in [-0.39, 0.29) is 24.0 Å². The zero-order valence-corrected chi connectivity index (χ0v) is 10.9. The lowest BCUT2D eigenvalue weighted by molar-refractivity contribution is 0.156. The van der Waals surface area contributed by atoms with E-state index < -0.39 is 0 Å². The highest BCUT2D eigenvalue weighted by Gasteiger charge is 2.36. The molecule has 1 fully saturated rings. The van der Waals surface area contributed by atoms with Crippen molar-refractivity contribution in [2.75, 3.05) is 27.2 Å². The zero-order chi connectivity index (χ0) is 13.0. The number of likely N-dealkylation sites (tertiary alicyclic amines) is 1. The molecular weight excluding hydrogens is 220 g/mol. The summed E-state index contributed by atoms with van der Waals surface area (Å²) < 4.78 is 0. The van der Waals surface area contributed by atoms with Crippen LogP contribution in [0.25, 0.3) is 0 Å². The van der Waals surface area contributed by atoms with Crippen molar-refractivity contribution in [2.24, 2.45) is 10.9 Å². The van der Waals surface area contributed by atoms with Gasteiger partial charge in [0.25, 0.3) is 0 Å². The molecule has 4 N–H and O–H groups in total. The Morgan fingerprint density at radius 2 is 2.24 bits per heavy atom. The first-order valence-electron chi connectivity index (χ1n) is 6.05. The fourth-order valence-electron chi connectivity index (χ4n) is 2.58. The van der Waals surface area contributed by atoms with Crippen molar-refractivity contribution >= 4 is 5.84 Å². The summed E-state index contributed by atoms with van der Waals surface area (Å²) in [6.07, 6.45) is 1.19. The van der Waals surface area contributed by atoms with E-state index in [0.717, 1.165) is 19.4 Å². The molecule has 6 heteroatoms. The number of β-amino-alcohol motifs (C(OH)–C–C–N with tert-alkyl or cyclic N) is 1. The molecular formula is C11H24N4O2. The maximum Gasteiger partial charge on any atom is 0.156 e. The molecule has 0 saturated carbocycles. The summed E-state index contributed by atoms with van der Waals surface area (Å²) in [5.74, 6) is 0.227. The summed E-state index contributed by atoms with van der Waals surface area (Å²) in [6.45, 7) is 3.46. The van der Waals surface area contributed by atoms with E-state index in [1.807, 2.05) is 21.0 Å². The molecule has 0 aliphatic carbocycles. The first kappa shape index (κ1) is 14.2. The maximum atomic E-state index is 9.78. The fourth-order valence-corrected chi connectivity index (χ4v) is 2.58. The highest BCUT2D eigenvalue weighted by atomic mass is 16.4. The van der Waals surface area contributed by atoms with Crippen LogP contribution < -0.4 is 5.73 Å². The number of likely N-dealkylation sites (N-methyl/N-ethyl adjacent to an activating group) is 1. The van der Waals surface area contributed by atoms with Crippen LogP contribution in [0.5, 0.6) is 0 Å². The minimum Gasteiger partial charge on any atom is -0.409 e. The van der Waals surface area contributed by atoms with Crippen LogP contribution in [0.1, 0.15) is 19.8 Å². The van der Waals surface area contributed by atoms with Gasteiger partial charge < -0.3 is 20.9 Å². The van der Waals surface area contributed by atoms with Crippen molar-refractivity contribution in [1.82, 2.24) is 9.80 Å². The molecule has 1 heterocycles. The SMILES string of the molecule is CCC(C(N)=NO)N1CC(O)CC1CN(C)C. The molecule has 0 aromatic heterocycles. The van der Waals surface area contributed by atoms with Crippen LogP contribution in [0.4, 0.5) is 0 Å². The van der Waals surface area contributed by atoms with Crippen molar-refractivity contribution in [3.05, 3.63) is 0 Å². The Bertz CT molecular complexity index is 270. The summed E-state index contributed by atoms with van der Waals surface area (Å²) in [6, 6.07) is 0.160. The first-order valence-corrected chi connectivity index (χ1v) is 6.05. The molecule has 1 aliphatic heterocycles. The number of rotatable bonds is 5. The lowest BCUT2D eigenvalue weighted by Crippen LogP contribution is -2.49. The van der Waals surface area contributed by atoms with E-state index in [2.05, 4.69) is 15.0 Å². The minimum absolute atomic E-state index is 0.0953. The van der Waals surface area contributed by atoms with E-state index in [1.54, 1.807) is 0 Å². The van der Waals surface area contributed by atoms with E-state index in [9.17, 15) is 5.11 Å². The third kappa shape index (κ3) is 3.55. The molecule has 0 aromatic carbocycles. The van der Waals surface area contributed by atoms with Gasteiger partial charge in [-0.05, 0) is 26.9 Å². The van der Waals surface area contributed by atoms with Crippen molar-refractivity contribution in [1.29, 1.82) is 0 Å². The highest BCUT2D eigenvalue weighted by Crippen LogP contribution is 2.22. The molecule has 1 saturated heterocycles. The Morgan fingerprint density at radius 3 is 2.71 bits per heavy atom. The van der Waals surface area contributed by atoms with Gasteiger partial charge in [0.05, 0.1) is 12.1 Å². The zero-order valence-electron chi connectivity index (χ0n) is 10.9. The lowest BCUT2D eigenvalue weighted by atomic mass is 10.1. The van der Waals surface area contributed by atoms with Crippen LogP contribution in [0.2, 0.25) is 0 Å². The lowest BCUT2D eigenvalue weighted by Gasteiger charge is -2.32. The summed E-state index contributed by atoms with van der Waals surface area (Å²) in [7, 11) is 4.01. The van der Waals surface area contributed by atoms with Gasteiger partial charge in [0.2, 0.25) is 0 Å². The molecule has 0 spiro atoms. The molecule has 6 nitrogen and oxygen atoms in total. The summed E-state index contributed by atoms with van der Waals surface area (Å²) in [4.78, 5) is 4.23. The molecule has 3 unspecified atom stereocenters. The quantitative estimate of drug-likeness (QED) is 0.263.